The SMILES string of the molecule is CCCCC(CC(=O)O)NC(C)=O. The zero-order valence-electron chi connectivity index (χ0n) is 8.17. The Hall–Kier alpha value is -1.06. The molecule has 4 nitrogen and oxygen atoms in total. The first-order chi connectivity index (χ1) is 6.06. The first-order valence-corrected chi connectivity index (χ1v) is 4.55. The van der Waals surface area contributed by atoms with Gasteiger partial charge >= 0.3 is 5.97 Å². The maximum Gasteiger partial charge on any atom is 0.305 e. The Balaban J connectivity index is 3.87. The summed E-state index contributed by atoms with van der Waals surface area (Å²) in [6.45, 7) is 3.44. The van der Waals surface area contributed by atoms with Gasteiger partial charge in [-0.1, -0.05) is 19.8 Å². The van der Waals surface area contributed by atoms with Gasteiger partial charge in [0.05, 0.1) is 6.42 Å². The predicted octanol–water partition coefficient (Wildman–Crippen LogP) is 1.16. The van der Waals surface area contributed by atoms with Crippen molar-refractivity contribution in [3.05, 3.63) is 0 Å². The molecule has 0 fully saturated rings. The Labute approximate surface area is 78.3 Å². The normalized spacial score (nSPS) is 12.2. The van der Waals surface area contributed by atoms with Gasteiger partial charge in [0.2, 0.25) is 5.91 Å². The fourth-order valence-corrected chi connectivity index (χ4v) is 1.17. The summed E-state index contributed by atoms with van der Waals surface area (Å²) < 4.78 is 0. The van der Waals surface area contributed by atoms with E-state index in [1.165, 1.54) is 6.92 Å². The molecule has 1 amide bonds. The van der Waals surface area contributed by atoms with Crippen molar-refractivity contribution in [1.82, 2.24) is 5.32 Å². The van der Waals surface area contributed by atoms with Crippen LogP contribution in [0.15, 0.2) is 0 Å². The number of aliphatic carboxylic acids is 1. The van der Waals surface area contributed by atoms with Gasteiger partial charge in [-0.3, -0.25) is 9.59 Å². The Morgan fingerprint density at radius 1 is 1.46 bits per heavy atom. The number of nitrogens with one attached hydrogen (secondary N) is 1. The zero-order valence-corrected chi connectivity index (χ0v) is 8.17. The second kappa shape index (κ2) is 6.46. The molecule has 0 aliphatic heterocycles. The zero-order chi connectivity index (χ0) is 10.3. The summed E-state index contributed by atoms with van der Waals surface area (Å²) >= 11 is 0. The average molecular weight is 187 g/mol. The Kier molecular flexibility index (Phi) is 5.93. The van der Waals surface area contributed by atoms with E-state index < -0.39 is 5.97 Å². The van der Waals surface area contributed by atoms with E-state index in [-0.39, 0.29) is 18.4 Å². The molecule has 4 heteroatoms. The lowest BCUT2D eigenvalue weighted by Gasteiger charge is -2.14. The Morgan fingerprint density at radius 2 is 2.08 bits per heavy atom. The quantitative estimate of drug-likeness (QED) is 0.655. The number of carboxylic acid groups (broad SMARTS) is 1. The number of rotatable bonds is 6. The van der Waals surface area contributed by atoms with Gasteiger partial charge in [0.25, 0.3) is 0 Å². The molecule has 0 rings (SSSR count). The van der Waals surface area contributed by atoms with Gasteiger partial charge in [-0.15, -0.1) is 0 Å². The third-order valence-electron chi connectivity index (χ3n) is 1.73. The molecule has 0 aromatic carbocycles. The van der Waals surface area contributed by atoms with Gasteiger partial charge in [0.15, 0.2) is 0 Å². The van der Waals surface area contributed by atoms with Crippen molar-refractivity contribution < 1.29 is 14.7 Å². The largest absolute Gasteiger partial charge is 0.481 e. The van der Waals surface area contributed by atoms with Crippen molar-refractivity contribution in [3.63, 3.8) is 0 Å². The van der Waals surface area contributed by atoms with Crippen LogP contribution in [0.3, 0.4) is 0 Å². The van der Waals surface area contributed by atoms with Gasteiger partial charge in [-0.05, 0) is 6.42 Å². The molecule has 0 spiro atoms. The third kappa shape index (κ3) is 7.31. The second-order valence-electron chi connectivity index (χ2n) is 3.14. The van der Waals surface area contributed by atoms with Crippen LogP contribution >= 0.6 is 0 Å². The van der Waals surface area contributed by atoms with Crippen LogP contribution in [0, 0.1) is 0 Å². The number of hydrogen-bond donors (Lipinski definition) is 2. The second-order valence-corrected chi connectivity index (χ2v) is 3.14. The highest BCUT2D eigenvalue weighted by atomic mass is 16.4. The third-order valence-corrected chi connectivity index (χ3v) is 1.73. The van der Waals surface area contributed by atoms with Crippen LogP contribution in [0.1, 0.15) is 39.5 Å². The van der Waals surface area contributed by atoms with E-state index in [0.717, 1.165) is 19.3 Å². The van der Waals surface area contributed by atoms with Crippen molar-refractivity contribution in [3.8, 4) is 0 Å². The van der Waals surface area contributed by atoms with Crippen LogP contribution < -0.4 is 5.32 Å². The van der Waals surface area contributed by atoms with Crippen molar-refractivity contribution in [1.29, 1.82) is 0 Å². The van der Waals surface area contributed by atoms with E-state index in [2.05, 4.69) is 5.32 Å². The molecule has 0 bridgehead atoms. The summed E-state index contributed by atoms with van der Waals surface area (Å²) in [5, 5.41) is 11.2. The number of amides is 1. The summed E-state index contributed by atoms with van der Waals surface area (Å²) in [6.07, 6.45) is 2.70. The van der Waals surface area contributed by atoms with Gasteiger partial charge in [0.1, 0.15) is 0 Å². The molecule has 0 aliphatic carbocycles. The lowest BCUT2D eigenvalue weighted by molar-refractivity contribution is -0.137. The molecule has 1 atom stereocenters. The van der Waals surface area contributed by atoms with E-state index in [4.69, 9.17) is 5.11 Å². The number of hydrogen-bond acceptors (Lipinski definition) is 2. The van der Waals surface area contributed by atoms with Crippen molar-refractivity contribution >= 4 is 11.9 Å². The number of carbonyl (C=O) groups is 2. The maximum absolute atomic E-state index is 10.7. The van der Waals surface area contributed by atoms with E-state index >= 15 is 0 Å². The predicted molar refractivity (Wildman–Crippen MR) is 49.4 cm³/mol. The van der Waals surface area contributed by atoms with E-state index in [1.54, 1.807) is 0 Å². The first kappa shape index (κ1) is 11.9. The molecule has 0 saturated heterocycles. The highest BCUT2D eigenvalue weighted by Crippen LogP contribution is 2.04. The lowest BCUT2D eigenvalue weighted by atomic mass is 10.1. The van der Waals surface area contributed by atoms with Crippen LogP contribution in [0.2, 0.25) is 0 Å². The van der Waals surface area contributed by atoms with Gasteiger partial charge in [-0.25, -0.2) is 0 Å². The Bertz CT molecular complexity index is 164. The van der Waals surface area contributed by atoms with Crippen molar-refractivity contribution in [2.24, 2.45) is 0 Å². The molecule has 1 unspecified atom stereocenters. The van der Waals surface area contributed by atoms with Gasteiger partial charge in [0, 0.05) is 13.0 Å². The molecule has 0 aromatic rings. The average Bonchev–Trinajstić information content (AvgIpc) is 1.98. The first-order valence-electron chi connectivity index (χ1n) is 4.55. The van der Waals surface area contributed by atoms with Crippen LogP contribution in [0.4, 0.5) is 0 Å². The van der Waals surface area contributed by atoms with Crippen molar-refractivity contribution in [2.45, 2.75) is 45.6 Å². The molecule has 76 valence electrons. The fourth-order valence-electron chi connectivity index (χ4n) is 1.17. The number of carboxylic acids is 1. The summed E-state index contributed by atoms with van der Waals surface area (Å²) in [7, 11) is 0. The monoisotopic (exact) mass is 187 g/mol. The molecule has 13 heavy (non-hydrogen) atoms. The van der Waals surface area contributed by atoms with E-state index in [1.807, 2.05) is 6.92 Å². The topological polar surface area (TPSA) is 66.4 Å². The standard InChI is InChI=1S/C9H17NO3/c1-3-4-5-8(6-9(12)13)10-7(2)11/h8H,3-6H2,1-2H3,(H,10,11)(H,12,13). The Morgan fingerprint density at radius 3 is 2.46 bits per heavy atom. The van der Waals surface area contributed by atoms with E-state index in [9.17, 15) is 9.59 Å². The highest BCUT2D eigenvalue weighted by Gasteiger charge is 2.12. The molecular formula is C9H17NO3. The van der Waals surface area contributed by atoms with E-state index in [0.29, 0.717) is 0 Å². The smallest absolute Gasteiger partial charge is 0.305 e. The van der Waals surface area contributed by atoms with Crippen molar-refractivity contribution in [2.75, 3.05) is 0 Å². The molecule has 0 radical (unpaired) electrons. The maximum atomic E-state index is 10.7. The molecule has 0 heterocycles. The molecule has 0 aromatic heterocycles. The highest BCUT2D eigenvalue weighted by molar-refractivity contribution is 5.74. The minimum Gasteiger partial charge on any atom is -0.481 e. The summed E-state index contributed by atoms with van der Waals surface area (Å²) in [5.41, 5.74) is 0. The van der Waals surface area contributed by atoms with Gasteiger partial charge < -0.3 is 10.4 Å². The summed E-state index contributed by atoms with van der Waals surface area (Å²) in [4.78, 5) is 21.1. The fraction of sp³-hybridized carbons (Fsp3) is 0.778. The molecule has 0 saturated carbocycles. The number of unbranched alkanes of at least 4 members (excludes halogenated alkanes) is 1. The molecule has 0 aliphatic rings. The van der Waals surface area contributed by atoms with Crippen LogP contribution in [-0.4, -0.2) is 23.0 Å². The van der Waals surface area contributed by atoms with Gasteiger partial charge in [-0.2, -0.15) is 0 Å². The summed E-state index contributed by atoms with van der Waals surface area (Å²) in [5.74, 6) is -1.03. The van der Waals surface area contributed by atoms with Crippen LogP contribution in [-0.2, 0) is 9.59 Å². The minimum atomic E-state index is -0.866. The molecular weight excluding hydrogens is 170 g/mol. The van der Waals surface area contributed by atoms with Crippen LogP contribution in [0.5, 0.6) is 0 Å². The number of carbonyl (C=O) groups excluding carboxylic acids is 1. The summed E-state index contributed by atoms with van der Waals surface area (Å²) in [6, 6.07) is -0.213. The van der Waals surface area contributed by atoms with Crippen LogP contribution in [0.25, 0.3) is 0 Å². The molecule has 2 N–H and O–H groups in total. The minimum absolute atomic E-state index is 0.0135. The lowest BCUT2D eigenvalue weighted by Crippen LogP contribution is -2.34.